The van der Waals surface area contributed by atoms with Crippen LogP contribution in [0.2, 0.25) is 0 Å². The standard InChI is InChI=1S/C29H33NO7/c1-5-36-12-13-37-29(33)26-17(2)30-22-14-20(19-8-11-24(34-3)25(16-19)35-4)15-23(32)28(22)27(26)18-6-9-21(31)10-7-18/h6-11,16,20,26-27,31H,5,12-15H2,1-4H3/t20-,26?,27+/m0/s1. The molecule has 2 aromatic carbocycles. The highest BCUT2D eigenvalue weighted by molar-refractivity contribution is 6.09. The molecule has 4 rings (SSSR count). The Hall–Kier alpha value is -3.65. The van der Waals surface area contributed by atoms with Crippen LogP contribution in [0.3, 0.4) is 0 Å². The van der Waals surface area contributed by atoms with Gasteiger partial charge in [-0.25, -0.2) is 0 Å². The van der Waals surface area contributed by atoms with Crippen LogP contribution in [0.5, 0.6) is 17.2 Å². The third-order valence-electron chi connectivity index (χ3n) is 6.95. The van der Waals surface area contributed by atoms with E-state index in [1.165, 1.54) is 0 Å². The summed E-state index contributed by atoms with van der Waals surface area (Å²) in [7, 11) is 3.17. The molecule has 0 bridgehead atoms. The van der Waals surface area contributed by atoms with E-state index in [9.17, 15) is 14.7 Å². The number of rotatable bonds is 9. The van der Waals surface area contributed by atoms with Crippen LogP contribution in [-0.2, 0) is 19.1 Å². The number of Topliss-reactive ketones (excluding diaryl/α,β-unsaturated/α-hetero) is 1. The molecule has 0 saturated carbocycles. The lowest BCUT2D eigenvalue weighted by atomic mass is 9.69. The van der Waals surface area contributed by atoms with Crippen LogP contribution in [0.15, 0.2) is 58.7 Å². The molecule has 1 N–H and O–H groups in total. The lowest BCUT2D eigenvalue weighted by Gasteiger charge is -2.36. The van der Waals surface area contributed by atoms with Crippen molar-refractivity contribution in [3.8, 4) is 17.2 Å². The smallest absolute Gasteiger partial charge is 0.315 e. The van der Waals surface area contributed by atoms with Crippen LogP contribution in [0.25, 0.3) is 0 Å². The molecule has 0 amide bonds. The van der Waals surface area contributed by atoms with Gasteiger partial charge in [0.15, 0.2) is 17.3 Å². The van der Waals surface area contributed by atoms with Crippen molar-refractivity contribution in [2.75, 3.05) is 34.0 Å². The van der Waals surface area contributed by atoms with Crippen molar-refractivity contribution in [3.63, 3.8) is 0 Å². The number of esters is 1. The van der Waals surface area contributed by atoms with Crippen molar-refractivity contribution in [2.24, 2.45) is 10.9 Å². The van der Waals surface area contributed by atoms with Gasteiger partial charge in [-0.2, -0.15) is 0 Å². The highest BCUT2D eigenvalue weighted by atomic mass is 16.6. The molecule has 3 atom stereocenters. The number of aliphatic imine (C=N–C) groups is 1. The normalized spacial score (nSPS) is 21.2. The van der Waals surface area contributed by atoms with E-state index in [0.29, 0.717) is 48.1 Å². The highest BCUT2D eigenvalue weighted by Crippen LogP contribution is 2.47. The number of ether oxygens (including phenoxy) is 4. The first kappa shape index (κ1) is 26.4. The first-order valence-corrected chi connectivity index (χ1v) is 12.4. The predicted molar refractivity (Wildman–Crippen MR) is 138 cm³/mol. The number of allylic oxidation sites excluding steroid dienone is 2. The first-order valence-electron chi connectivity index (χ1n) is 12.4. The third-order valence-corrected chi connectivity index (χ3v) is 6.95. The molecule has 0 aromatic heterocycles. The Kier molecular flexibility index (Phi) is 8.28. The van der Waals surface area contributed by atoms with Gasteiger partial charge in [0.1, 0.15) is 18.3 Å². The van der Waals surface area contributed by atoms with Crippen LogP contribution in [0.4, 0.5) is 0 Å². The largest absolute Gasteiger partial charge is 0.508 e. The maximum absolute atomic E-state index is 13.7. The number of phenols is 1. The van der Waals surface area contributed by atoms with E-state index in [1.54, 1.807) is 45.4 Å². The Labute approximate surface area is 216 Å². The molecular weight excluding hydrogens is 474 g/mol. The van der Waals surface area contributed by atoms with E-state index in [4.69, 9.17) is 23.9 Å². The van der Waals surface area contributed by atoms with E-state index >= 15 is 0 Å². The molecule has 1 aliphatic carbocycles. The summed E-state index contributed by atoms with van der Waals surface area (Å²) >= 11 is 0. The van der Waals surface area contributed by atoms with Gasteiger partial charge in [-0.15, -0.1) is 0 Å². The summed E-state index contributed by atoms with van der Waals surface area (Å²) in [6.45, 7) is 4.63. The molecule has 0 fully saturated rings. The Morgan fingerprint density at radius 2 is 1.70 bits per heavy atom. The van der Waals surface area contributed by atoms with Crippen LogP contribution in [-0.4, -0.2) is 56.6 Å². The number of carbonyl (C=O) groups is 2. The summed E-state index contributed by atoms with van der Waals surface area (Å²) in [5, 5.41) is 9.85. The summed E-state index contributed by atoms with van der Waals surface area (Å²) < 4.78 is 21.6. The van der Waals surface area contributed by atoms with E-state index in [1.807, 2.05) is 25.1 Å². The molecule has 1 aliphatic heterocycles. The van der Waals surface area contributed by atoms with Crippen molar-refractivity contribution in [3.05, 3.63) is 64.9 Å². The minimum atomic E-state index is -0.744. The third kappa shape index (κ3) is 5.54. The van der Waals surface area contributed by atoms with Gasteiger partial charge in [0.05, 0.1) is 20.8 Å². The Bertz CT molecular complexity index is 1220. The fraction of sp³-hybridized carbons (Fsp3) is 0.414. The molecule has 37 heavy (non-hydrogen) atoms. The number of hydrogen-bond acceptors (Lipinski definition) is 8. The van der Waals surface area contributed by atoms with Crippen LogP contribution >= 0.6 is 0 Å². The summed E-state index contributed by atoms with van der Waals surface area (Å²) in [4.78, 5) is 31.7. The van der Waals surface area contributed by atoms with Crippen molar-refractivity contribution in [2.45, 2.75) is 38.5 Å². The zero-order valence-corrected chi connectivity index (χ0v) is 21.7. The average Bonchev–Trinajstić information content (AvgIpc) is 2.90. The minimum Gasteiger partial charge on any atom is -0.508 e. The second-order valence-electron chi connectivity index (χ2n) is 9.17. The van der Waals surface area contributed by atoms with Gasteiger partial charge in [-0.1, -0.05) is 18.2 Å². The lowest BCUT2D eigenvalue weighted by Crippen LogP contribution is -2.38. The van der Waals surface area contributed by atoms with Crippen LogP contribution < -0.4 is 9.47 Å². The molecule has 0 radical (unpaired) electrons. The number of ketones is 1. The Morgan fingerprint density at radius 1 is 1.00 bits per heavy atom. The van der Waals surface area contributed by atoms with Crippen LogP contribution in [0.1, 0.15) is 49.7 Å². The molecule has 2 aliphatic rings. The van der Waals surface area contributed by atoms with Crippen molar-refractivity contribution in [1.82, 2.24) is 0 Å². The first-order chi connectivity index (χ1) is 17.9. The molecule has 2 aromatic rings. The SMILES string of the molecule is CCOCCOC(=O)C1C(C)=NC2=C(C(=O)C[C@@H](c3ccc(OC)c(OC)c3)C2)[C@@H]1c1ccc(O)cc1. The van der Waals surface area contributed by atoms with E-state index in [2.05, 4.69) is 0 Å². The van der Waals surface area contributed by atoms with Gasteiger partial charge >= 0.3 is 5.97 Å². The maximum atomic E-state index is 13.7. The lowest BCUT2D eigenvalue weighted by molar-refractivity contribution is -0.148. The van der Waals surface area contributed by atoms with E-state index < -0.39 is 17.8 Å². The molecule has 1 unspecified atom stereocenters. The summed E-state index contributed by atoms with van der Waals surface area (Å²) in [5.74, 6) is -0.539. The highest BCUT2D eigenvalue weighted by Gasteiger charge is 2.44. The van der Waals surface area contributed by atoms with Crippen LogP contribution in [0, 0.1) is 5.92 Å². The number of carbonyl (C=O) groups excluding carboxylic acids is 2. The zero-order chi connectivity index (χ0) is 26.5. The predicted octanol–water partition coefficient (Wildman–Crippen LogP) is 4.56. The molecule has 1 heterocycles. The number of phenolic OH excluding ortho intramolecular Hbond substituents is 1. The monoisotopic (exact) mass is 507 g/mol. The second kappa shape index (κ2) is 11.6. The van der Waals surface area contributed by atoms with Crippen molar-refractivity contribution in [1.29, 1.82) is 0 Å². The fourth-order valence-electron chi connectivity index (χ4n) is 5.18. The Balaban J connectivity index is 1.70. The quantitative estimate of drug-likeness (QED) is 0.392. The molecule has 0 saturated heterocycles. The number of methoxy groups -OCH3 is 2. The van der Waals surface area contributed by atoms with Gasteiger partial charge in [0.25, 0.3) is 0 Å². The van der Waals surface area contributed by atoms with Gasteiger partial charge in [-0.3, -0.25) is 14.6 Å². The van der Waals surface area contributed by atoms with Gasteiger partial charge < -0.3 is 24.1 Å². The summed E-state index contributed by atoms with van der Waals surface area (Å²) in [5.41, 5.74) is 3.54. The van der Waals surface area contributed by atoms with Gasteiger partial charge in [0, 0.05) is 35.9 Å². The number of nitrogens with zero attached hydrogens (tertiary/aromatic N) is 1. The maximum Gasteiger partial charge on any atom is 0.315 e. The molecular formula is C29H33NO7. The zero-order valence-electron chi connectivity index (χ0n) is 21.7. The average molecular weight is 508 g/mol. The van der Waals surface area contributed by atoms with Gasteiger partial charge in [0.2, 0.25) is 0 Å². The molecule has 8 nitrogen and oxygen atoms in total. The summed E-state index contributed by atoms with van der Waals surface area (Å²) in [6, 6.07) is 12.3. The molecule has 196 valence electrons. The number of hydrogen-bond donors (Lipinski definition) is 1. The van der Waals surface area contributed by atoms with Crippen molar-refractivity contribution < 1.29 is 33.6 Å². The second-order valence-corrected chi connectivity index (χ2v) is 9.17. The molecule has 0 spiro atoms. The summed E-state index contributed by atoms with van der Waals surface area (Å²) in [6.07, 6.45) is 0.832. The van der Waals surface area contributed by atoms with Gasteiger partial charge in [-0.05, 0) is 61.6 Å². The van der Waals surface area contributed by atoms with Crippen molar-refractivity contribution >= 4 is 17.5 Å². The number of aromatic hydroxyl groups is 1. The number of benzene rings is 2. The van der Waals surface area contributed by atoms with E-state index in [-0.39, 0.29) is 30.5 Å². The topological polar surface area (TPSA) is 104 Å². The van der Waals surface area contributed by atoms with E-state index in [0.717, 1.165) is 11.1 Å². The Morgan fingerprint density at radius 3 is 2.38 bits per heavy atom. The fourth-order valence-corrected chi connectivity index (χ4v) is 5.18. The minimum absolute atomic E-state index is 0.0533. The molecule has 8 heteroatoms.